The first kappa shape index (κ1) is 23.4. The molecule has 7 nitrogen and oxygen atoms in total. The summed E-state index contributed by atoms with van der Waals surface area (Å²) in [6, 6.07) is 15.3. The molecular weight excluding hydrogens is 460 g/mol. The van der Waals surface area contributed by atoms with Crippen molar-refractivity contribution in [2.75, 3.05) is 38.5 Å². The minimum Gasteiger partial charge on any atom is -0.497 e. The monoisotopic (exact) mass is 486 g/mol. The molecule has 174 valence electrons. The Morgan fingerprint density at radius 1 is 1.15 bits per heavy atom. The second-order valence-corrected chi connectivity index (χ2v) is 11.2. The molecule has 9 heteroatoms. The van der Waals surface area contributed by atoms with Crippen LogP contribution in [0.3, 0.4) is 0 Å². The number of hydrogen-bond donors (Lipinski definition) is 0. The molecule has 0 aliphatic carbocycles. The van der Waals surface area contributed by atoms with E-state index in [9.17, 15) is 13.2 Å². The van der Waals surface area contributed by atoms with Crippen LogP contribution in [-0.2, 0) is 14.6 Å². The zero-order valence-corrected chi connectivity index (χ0v) is 20.4. The quantitative estimate of drug-likeness (QED) is 0.471. The predicted octanol–water partition coefficient (Wildman–Crippen LogP) is 3.66. The van der Waals surface area contributed by atoms with E-state index in [0.29, 0.717) is 28.5 Å². The molecule has 1 atom stereocenters. The Morgan fingerprint density at radius 3 is 2.55 bits per heavy atom. The van der Waals surface area contributed by atoms with Crippen LogP contribution in [0.4, 0.5) is 0 Å². The minimum atomic E-state index is -3.05. The number of ether oxygens (including phenoxy) is 2. The van der Waals surface area contributed by atoms with E-state index < -0.39 is 9.84 Å². The number of aromatic nitrogens is 1. The smallest absolute Gasteiger partial charge is 0.233 e. The Labute approximate surface area is 198 Å². The van der Waals surface area contributed by atoms with Gasteiger partial charge in [0.15, 0.2) is 9.84 Å². The van der Waals surface area contributed by atoms with E-state index in [1.165, 1.54) is 11.8 Å². The van der Waals surface area contributed by atoms with Crippen LogP contribution >= 0.6 is 11.8 Å². The van der Waals surface area contributed by atoms with E-state index in [1.807, 2.05) is 48.5 Å². The van der Waals surface area contributed by atoms with Crippen LogP contribution in [0.5, 0.6) is 11.5 Å². The molecule has 1 saturated heterocycles. The van der Waals surface area contributed by atoms with Gasteiger partial charge < -0.3 is 14.4 Å². The van der Waals surface area contributed by atoms with Crippen LogP contribution in [0, 0.1) is 0 Å². The van der Waals surface area contributed by atoms with Crippen molar-refractivity contribution in [1.82, 2.24) is 9.88 Å². The molecule has 1 aromatic heterocycles. The molecule has 0 saturated carbocycles. The molecule has 2 heterocycles. The molecule has 3 aromatic rings. The SMILES string of the molecule is COc1cc(OC)c2c(-c3ccccc3)cc(SCC(=O)N(C)C3CCS(=O)(=O)C3)nc2c1. The van der Waals surface area contributed by atoms with Crippen molar-refractivity contribution in [3.05, 3.63) is 48.5 Å². The van der Waals surface area contributed by atoms with E-state index in [4.69, 9.17) is 14.5 Å². The maximum atomic E-state index is 12.8. The molecular formula is C24H26N2O5S2. The molecule has 1 aliphatic rings. The predicted molar refractivity (Wildman–Crippen MR) is 131 cm³/mol. The third-order valence-electron chi connectivity index (χ3n) is 5.86. The summed E-state index contributed by atoms with van der Waals surface area (Å²) in [5.41, 5.74) is 2.66. The highest BCUT2D eigenvalue weighted by Crippen LogP contribution is 2.39. The normalized spacial score (nSPS) is 17.1. The molecule has 0 bridgehead atoms. The second-order valence-electron chi connectivity index (χ2n) is 7.95. The Morgan fingerprint density at radius 2 is 1.91 bits per heavy atom. The molecule has 0 N–H and O–H groups in total. The van der Waals surface area contributed by atoms with Gasteiger partial charge in [-0.25, -0.2) is 13.4 Å². The number of benzene rings is 2. The molecule has 1 fully saturated rings. The van der Waals surface area contributed by atoms with Gasteiger partial charge in [0, 0.05) is 25.2 Å². The number of thioether (sulfide) groups is 1. The fraction of sp³-hybridized carbons (Fsp3) is 0.333. The van der Waals surface area contributed by atoms with E-state index in [1.54, 1.807) is 26.2 Å². The molecule has 4 rings (SSSR count). The summed E-state index contributed by atoms with van der Waals surface area (Å²) in [7, 11) is 1.83. The highest BCUT2D eigenvalue weighted by molar-refractivity contribution is 7.99. The van der Waals surface area contributed by atoms with Gasteiger partial charge in [0.2, 0.25) is 5.91 Å². The number of fused-ring (bicyclic) bond motifs is 1. The van der Waals surface area contributed by atoms with E-state index in [0.717, 1.165) is 16.5 Å². The highest BCUT2D eigenvalue weighted by Gasteiger charge is 2.32. The molecule has 2 aromatic carbocycles. The zero-order chi connectivity index (χ0) is 23.6. The van der Waals surface area contributed by atoms with E-state index >= 15 is 0 Å². The fourth-order valence-corrected chi connectivity index (χ4v) is 6.62. The van der Waals surface area contributed by atoms with Crippen molar-refractivity contribution in [3.63, 3.8) is 0 Å². The third kappa shape index (κ3) is 5.09. The summed E-state index contributed by atoms with van der Waals surface area (Å²) in [6.07, 6.45) is 0.487. The summed E-state index contributed by atoms with van der Waals surface area (Å²) in [4.78, 5) is 19.1. The van der Waals surface area contributed by atoms with Gasteiger partial charge >= 0.3 is 0 Å². The lowest BCUT2D eigenvalue weighted by Crippen LogP contribution is -2.38. The van der Waals surface area contributed by atoms with Crippen LogP contribution in [0.25, 0.3) is 22.0 Å². The number of amides is 1. The number of carbonyl (C=O) groups excluding carboxylic acids is 1. The Balaban J connectivity index is 1.66. The summed E-state index contributed by atoms with van der Waals surface area (Å²) >= 11 is 1.33. The summed E-state index contributed by atoms with van der Waals surface area (Å²) in [6.45, 7) is 0. The van der Waals surface area contributed by atoms with Gasteiger partial charge in [-0.3, -0.25) is 4.79 Å². The topological polar surface area (TPSA) is 85.8 Å². The van der Waals surface area contributed by atoms with Gasteiger partial charge in [0.25, 0.3) is 0 Å². The van der Waals surface area contributed by atoms with Crippen molar-refractivity contribution in [3.8, 4) is 22.6 Å². The van der Waals surface area contributed by atoms with Crippen LogP contribution in [0.2, 0.25) is 0 Å². The third-order valence-corrected chi connectivity index (χ3v) is 8.50. The summed E-state index contributed by atoms with van der Waals surface area (Å²) in [5, 5.41) is 1.56. The highest BCUT2D eigenvalue weighted by atomic mass is 32.2. The Hall–Kier alpha value is -2.78. The molecule has 1 unspecified atom stereocenters. The average molecular weight is 487 g/mol. The van der Waals surface area contributed by atoms with Gasteiger partial charge in [0.05, 0.1) is 47.4 Å². The van der Waals surface area contributed by atoms with Crippen LogP contribution in [0.15, 0.2) is 53.6 Å². The van der Waals surface area contributed by atoms with Gasteiger partial charge in [0.1, 0.15) is 11.5 Å². The van der Waals surface area contributed by atoms with Crippen molar-refractivity contribution in [1.29, 1.82) is 0 Å². The lowest BCUT2D eigenvalue weighted by atomic mass is 10.0. The van der Waals surface area contributed by atoms with Gasteiger partial charge in [-0.2, -0.15) is 0 Å². The number of rotatable bonds is 7. The number of pyridine rings is 1. The van der Waals surface area contributed by atoms with Crippen LogP contribution < -0.4 is 9.47 Å². The standard InChI is InChI=1S/C24H26N2O5S2/c1-26(17-9-10-33(28,29)15-17)23(27)14-32-22-13-19(16-7-5-4-6-8-16)24-20(25-22)11-18(30-2)12-21(24)31-3/h4-8,11-13,17H,9-10,14-15H2,1-3H3. The first-order chi connectivity index (χ1) is 15.8. The number of hydrogen-bond acceptors (Lipinski definition) is 7. The number of sulfone groups is 1. The number of nitrogens with zero attached hydrogens (tertiary/aromatic N) is 2. The van der Waals surface area contributed by atoms with E-state index in [-0.39, 0.29) is 29.2 Å². The number of methoxy groups -OCH3 is 2. The molecule has 1 aliphatic heterocycles. The molecule has 33 heavy (non-hydrogen) atoms. The second kappa shape index (κ2) is 9.61. The van der Waals surface area contributed by atoms with Crippen molar-refractivity contribution in [2.45, 2.75) is 17.5 Å². The molecule has 0 radical (unpaired) electrons. The maximum Gasteiger partial charge on any atom is 0.233 e. The van der Waals surface area contributed by atoms with Gasteiger partial charge in [-0.15, -0.1) is 0 Å². The lowest BCUT2D eigenvalue weighted by molar-refractivity contribution is -0.128. The largest absolute Gasteiger partial charge is 0.497 e. The minimum absolute atomic E-state index is 0.0336. The lowest BCUT2D eigenvalue weighted by Gasteiger charge is -2.23. The Bertz CT molecular complexity index is 1280. The molecule has 1 amide bonds. The van der Waals surface area contributed by atoms with Crippen molar-refractivity contribution >= 4 is 38.4 Å². The first-order valence-electron chi connectivity index (χ1n) is 10.5. The van der Waals surface area contributed by atoms with E-state index in [2.05, 4.69) is 0 Å². The number of carbonyl (C=O) groups is 1. The van der Waals surface area contributed by atoms with Crippen molar-refractivity contribution in [2.24, 2.45) is 0 Å². The Kier molecular flexibility index (Phi) is 6.81. The van der Waals surface area contributed by atoms with Gasteiger partial charge in [-0.1, -0.05) is 42.1 Å². The first-order valence-corrected chi connectivity index (χ1v) is 13.3. The average Bonchev–Trinajstić information content (AvgIpc) is 3.20. The van der Waals surface area contributed by atoms with Crippen molar-refractivity contribution < 1.29 is 22.7 Å². The summed E-state index contributed by atoms with van der Waals surface area (Å²) < 4.78 is 34.6. The van der Waals surface area contributed by atoms with Crippen LogP contribution in [-0.4, -0.2) is 68.8 Å². The maximum absolute atomic E-state index is 12.8. The zero-order valence-electron chi connectivity index (χ0n) is 18.8. The molecule has 0 spiro atoms. The van der Waals surface area contributed by atoms with Gasteiger partial charge in [-0.05, 0) is 23.6 Å². The fourth-order valence-electron chi connectivity index (χ4n) is 4.00. The summed E-state index contributed by atoms with van der Waals surface area (Å²) in [5.74, 6) is 1.51. The van der Waals surface area contributed by atoms with Crippen LogP contribution in [0.1, 0.15) is 6.42 Å².